The van der Waals surface area contributed by atoms with Crippen molar-refractivity contribution in [3.63, 3.8) is 0 Å². The van der Waals surface area contributed by atoms with Gasteiger partial charge in [0.25, 0.3) is 5.91 Å². The number of nitrogens with one attached hydrogen (secondary N) is 1. The highest BCUT2D eigenvalue weighted by molar-refractivity contribution is 6.23. The summed E-state index contributed by atoms with van der Waals surface area (Å²) in [6.07, 6.45) is 4.55. The predicted molar refractivity (Wildman–Crippen MR) is 93.7 cm³/mol. The summed E-state index contributed by atoms with van der Waals surface area (Å²) in [7, 11) is 0. The van der Waals surface area contributed by atoms with Crippen molar-refractivity contribution in [3.05, 3.63) is 66.6 Å². The third-order valence-corrected chi connectivity index (χ3v) is 5.44. The maximum atomic E-state index is 13.1. The van der Waals surface area contributed by atoms with E-state index in [2.05, 4.69) is 5.32 Å². The Bertz CT molecular complexity index is 952. The van der Waals surface area contributed by atoms with Crippen LogP contribution in [0.3, 0.4) is 0 Å². The molecule has 136 valence electrons. The van der Waals surface area contributed by atoms with Gasteiger partial charge in [-0.1, -0.05) is 30.4 Å². The first kappa shape index (κ1) is 16.0. The second-order valence-corrected chi connectivity index (χ2v) is 6.91. The zero-order valence-electron chi connectivity index (χ0n) is 14.2. The lowest BCUT2D eigenvalue weighted by Crippen LogP contribution is -2.48. The first-order valence-corrected chi connectivity index (χ1v) is 8.72. The Labute approximate surface area is 154 Å². The number of carbonyl (C=O) groups excluding carboxylic acids is 3. The molecule has 2 bridgehead atoms. The summed E-state index contributed by atoms with van der Waals surface area (Å²) in [4.78, 5) is 39.5. The fraction of sp³-hybridized carbons (Fsp3) is 0.250. The molecule has 1 aromatic heterocycles. The molecular formula is C20H16N2O5. The smallest absolute Gasteiger partial charge is 0.287 e. The number of rotatable bonds is 4. The van der Waals surface area contributed by atoms with Crippen LogP contribution in [0.2, 0.25) is 0 Å². The summed E-state index contributed by atoms with van der Waals surface area (Å²) in [6.45, 7) is 0.0857. The number of para-hydroxylation sites is 1. The highest BCUT2D eigenvalue weighted by Crippen LogP contribution is 2.52. The zero-order chi connectivity index (χ0) is 18.6. The molecular weight excluding hydrogens is 348 g/mol. The Balaban J connectivity index is 1.42. The molecule has 4 atom stereocenters. The largest absolute Gasteiger partial charge is 0.459 e. The predicted octanol–water partition coefficient (Wildman–Crippen LogP) is 1.52. The van der Waals surface area contributed by atoms with Crippen LogP contribution in [0, 0.1) is 11.8 Å². The van der Waals surface area contributed by atoms with E-state index in [0.717, 1.165) is 0 Å². The van der Waals surface area contributed by atoms with Gasteiger partial charge in [-0.25, -0.2) is 4.90 Å². The van der Waals surface area contributed by atoms with Gasteiger partial charge in [-0.3, -0.25) is 14.4 Å². The molecule has 3 aliphatic rings. The molecule has 1 aromatic carbocycles. The van der Waals surface area contributed by atoms with Crippen molar-refractivity contribution in [1.29, 1.82) is 0 Å². The van der Waals surface area contributed by atoms with E-state index in [1.807, 2.05) is 6.07 Å². The Kier molecular flexibility index (Phi) is 3.35. The van der Waals surface area contributed by atoms with Crippen molar-refractivity contribution in [2.24, 2.45) is 11.8 Å². The molecule has 2 saturated heterocycles. The van der Waals surface area contributed by atoms with E-state index in [9.17, 15) is 14.4 Å². The van der Waals surface area contributed by atoms with Crippen molar-refractivity contribution in [2.45, 2.75) is 11.7 Å². The van der Waals surface area contributed by atoms with Gasteiger partial charge in [0, 0.05) is 0 Å². The minimum atomic E-state index is -1.02. The van der Waals surface area contributed by atoms with E-state index in [0.29, 0.717) is 5.69 Å². The number of ether oxygens (including phenoxy) is 1. The Morgan fingerprint density at radius 2 is 1.93 bits per heavy atom. The third-order valence-electron chi connectivity index (χ3n) is 5.44. The van der Waals surface area contributed by atoms with E-state index in [1.165, 1.54) is 11.2 Å². The van der Waals surface area contributed by atoms with Crippen molar-refractivity contribution < 1.29 is 23.5 Å². The second kappa shape index (κ2) is 5.65. The molecule has 0 unspecified atom stereocenters. The molecule has 27 heavy (non-hydrogen) atoms. The maximum absolute atomic E-state index is 13.1. The normalized spacial score (nSPS) is 30.8. The summed E-state index contributed by atoms with van der Waals surface area (Å²) in [6, 6.07) is 12.0. The van der Waals surface area contributed by atoms with E-state index in [1.54, 1.807) is 48.6 Å². The molecule has 1 N–H and O–H groups in total. The number of carbonyl (C=O) groups is 3. The monoisotopic (exact) mass is 364 g/mol. The van der Waals surface area contributed by atoms with E-state index in [-0.39, 0.29) is 24.1 Å². The molecule has 7 nitrogen and oxygen atoms in total. The molecule has 2 fully saturated rings. The van der Waals surface area contributed by atoms with E-state index < -0.39 is 29.4 Å². The second-order valence-electron chi connectivity index (χ2n) is 6.91. The van der Waals surface area contributed by atoms with Gasteiger partial charge in [0.05, 0.1) is 36.4 Å². The average molecular weight is 364 g/mol. The summed E-state index contributed by atoms with van der Waals surface area (Å²) < 4.78 is 11.1. The van der Waals surface area contributed by atoms with E-state index >= 15 is 0 Å². The molecule has 3 aliphatic heterocycles. The Morgan fingerprint density at radius 3 is 2.67 bits per heavy atom. The number of hydrogen-bond donors (Lipinski definition) is 1. The molecule has 4 heterocycles. The number of benzene rings is 1. The van der Waals surface area contributed by atoms with Crippen LogP contribution in [-0.2, 0) is 14.3 Å². The van der Waals surface area contributed by atoms with Gasteiger partial charge in [0.1, 0.15) is 5.60 Å². The van der Waals surface area contributed by atoms with E-state index in [4.69, 9.17) is 9.15 Å². The molecule has 0 saturated carbocycles. The van der Waals surface area contributed by atoms with Crippen LogP contribution in [0.15, 0.2) is 65.3 Å². The van der Waals surface area contributed by atoms with Crippen molar-refractivity contribution in [1.82, 2.24) is 5.32 Å². The quantitative estimate of drug-likeness (QED) is 0.656. The number of amides is 3. The van der Waals surface area contributed by atoms with Gasteiger partial charge >= 0.3 is 0 Å². The number of fused-ring (bicyclic) bond motifs is 5. The Hall–Kier alpha value is -3.19. The lowest BCUT2D eigenvalue weighted by atomic mass is 9.77. The summed E-state index contributed by atoms with van der Waals surface area (Å²) >= 11 is 0. The van der Waals surface area contributed by atoms with Crippen molar-refractivity contribution >= 4 is 23.4 Å². The minimum Gasteiger partial charge on any atom is -0.459 e. The van der Waals surface area contributed by atoms with Crippen LogP contribution in [0.5, 0.6) is 0 Å². The molecule has 7 heteroatoms. The first-order chi connectivity index (χ1) is 13.1. The van der Waals surface area contributed by atoms with Crippen LogP contribution in [0.4, 0.5) is 5.69 Å². The number of nitrogens with zero attached hydrogens (tertiary/aromatic N) is 1. The van der Waals surface area contributed by atoms with Gasteiger partial charge < -0.3 is 14.5 Å². The van der Waals surface area contributed by atoms with Crippen LogP contribution in [-0.4, -0.2) is 36.0 Å². The highest BCUT2D eigenvalue weighted by Gasteiger charge is 2.67. The van der Waals surface area contributed by atoms with Crippen LogP contribution >= 0.6 is 0 Å². The number of imide groups is 1. The van der Waals surface area contributed by atoms with Crippen molar-refractivity contribution in [3.8, 4) is 0 Å². The molecule has 5 rings (SSSR count). The van der Waals surface area contributed by atoms with Gasteiger partial charge in [-0.15, -0.1) is 0 Å². The first-order valence-electron chi connectivity index (χ1n) is 8.72. The summed E-state index contributed by atoms with van der Waals surface area (Å²) in [5.41, 5.74) is -0.468. The fourth-order valence-electron chi connectivity index (χ4n) is 4.25. The van der Waals surface area contributed by atoms with Crippen LogP contribution in [0.25, 0.3) is 0 Å². The Morgan fingerprint density at radius 1 is 1.11 bits per heavy atom. The third kappa shape index (κ3) is 2.21. The fourth-order valence-corrected chi connectivity index (χ4v) is 4.25. The lowest BCUT2D eigenvalue weighted by molar-refractivity contribution is -0.126. The van der Waals surface area contributed by atoms with Crippen LogP contribution < -0.4 is 10.2 Å². The average Bonchev–Trinajstić information content (AvgIpc) is 3.44. The van der Waals surface area contributed by atoms with Crippen LogP contribution in [0.1, 0.15) is 10.6 Å². The van der Waals surface area contributed by atoms with Gasteiger partial charge in [-0.05, 0) is 24.3 Å². The van der Waals surface area contributed by atoms with Crippen molar-refractivity contribution in [2.75, 3.05) is 11.4 Å². The maximum Gasteiger partial charge on any atom is 0.287 e. The highest BCUT2D eigenvalue weighted by atomic mass is 16.5. The number of anilines is 1. The number of hydrogen-bond acceptors (Lipinski definition) is 5. The molecule has 3 amide bonds. The zero-order valence-corrected chi connectivity index (χ0v) is 14.2. The molecule has 0 spiro atoms. The molecule has 0 radical (unpaired) electrons. The van der Waals surface area contributed by atoms with Gasteiger partial charge in [0.2, 0.25) is 11.8 Å². The number of furan rings is 1. The minimum absolute atomic E-state index is 0.0857. The van der Waals surface area contributed by atoms with Gasteiger partial charge in [-0.2, -0.15) is 0 Å². The molecule has 0 aliphatic carbocycles. The SMILES string of the molecule is O=C(NC[C@@]12C=C[C@H](O1)[C@@H]1C(=O)N(c3ccccc3)C(=O)[C@H]12)c1ccco1. The summed E-state index contributed by atoms with van der Waals surface area (Å²) in [5.74, 6) is -1.99. The topological polar surface area (TPSA) is 88.9 Å². The standard InChI is InChI=1S/C20H16N2O5/c23-17(14-7-4-10-26-14)21-11-20-9-8-13(27-20)15-16(20)19(25)22(18(15)24)12-5-2-1-3-6-12/h1-10,13,15-16H,11H2,(H,21,23)/t13-,15-,16-,20+/m0/s1. The van der Waals surface area contributed by atoms with Gasteiger partial charge in [0.15, 0.2) is 5.76 Å². The summed E-state index contributed by atoms with van der Waals surface area (Å²) in [5, 5.41) is 2.76. The molecule has 2 aromatic rings. The lowest BCUT2D eigenvalue weighted by Gasteiger charge is -2.28.